The van der Waals surface area contributed by atoms with Crippen LogP contribution in [-0.2, 0) is 25.8 Å². The van der Waals surface area contributed by atoms with Crippen LogP contribution in [0.2, 0.25) is 0 Å². The van der Waals surface area contributed by atoms with E-state index in [1.54, 1.807) is 26.0 Å². The third-order valence-corrected chi connectivity index (χ3v) is 6.12. The number of hydroxylamine groups is 1. The molecule has 1 aliphatic rings. The molecule has 1 N–H and O–H groups in total. The molecule has 0 saturated heterocycles. The lowest BCUT2D eigenvalue weighted by Gasteiger charge is -2.17. The van der Waals surface area contributed by atoms with Crippen molar-refractivity contribution < 1.29 is 28.0 Å². The third kappa shape index (κ3) is 5.33. The number of ketones is 2. The van der Waals surface area contributed by atoms with Crippen LogP contribution in [0.1, 0.15) is 41.0 Å². The van der Waals surface area contributed by atoms with Gasteiger partial charge in [0.05, 0.1) is 12.8 Å². The number of amides is 1. The molecule has 2 unspecified atom stereocenters. The van der Waals surface area contributed by atoms with Crippen LogP contribution >= 0.6 is 0 Å². The number of nitrogens with zero attached hydrogens (tertiary/aromatic N) is 1. The molecule has 2 aromatic carbocycles. The molecule has 1 aliphatic carbocycles. The second-order valence-electron chi connectivity index (χ2n) is 8.71. The summed E-state index contributed by atoms with van der Waals surface area (Å²) in [4.78, 5) is 47.3. The van der Waals surface area contributed by atoms with Crippen LogP contribution in [0.3, 0.4) is 0 Å². The average molecular weight is 478 g/mol. The number of carbonyl (C=O) groups is 3. The average Bonchev–Trinajstić information content (AvgIpc) is 3.07. The minimum Gasteiger partial charge on any atom is -0.298 e. The van der Waals surface area contributed by atoms with Crippen molar-refractivity contribution in [3.63, 3.8) is 0 Å². The quantitative estimate of drug-likeness (QED) is 0.399. The van der Waals surface area contributed by atoms with E-state index >= 15 is 0 Å². The molecule has 1 aromatic heterocycles. The van der Waals surface area contributed by atoms with Crippen LogP contribution in [0.25, 0.3) is 11.3 Å². The Bertz CT molecular complexity index is 1270. The highest BCUT2D eigenvalue weighted by molar-refractivity contribution is 6.15. The van der Waals surface area contributed by atoms with Gasteiger partial charge in [0.2, 0.25) is 5.91 Å². The van der Waals surface area contributed by atoms with Crippen molar-refractivity contribution in [1.82, 2.24) is 10.5 Å². The number of hydrogen-bond acceptors (Lipinski definition) is 5. The molecular weight excluding hydrogens is 454 g/mol. The van der Waals surface area contributed by atoms with Gasteiger partial charge in [-0.15, -0.1) is 0 Å². The molecule has 180 valence electrons. The minimum absolute atomic E-state index is 0.0155. The van der Waals surface area contributed by atoms with Crippen molar-refractivity contribution in [2.75, 3.05) is 0 Å². The molecule has 8 heteroatoms. The summed E-state index contributed by atoms with van der Waals surface area (Å²) in [6.07, 6.45) is 0.737. The van der Waals surface area contributed by atoms with E-state index in [0.29, 0.717) is 22.3 Å². The van der Waals surface area contributed by atoms with Crippen LogP contribution < -0.4 is 5.48 Å². The highest BCUT2D eigenvalue weighted by Gasteiger charge is 2.44. The Hall–Kier alpha value is -3.78. The first-order valence-corrected chi connectivity index (χ1v) is 11.2. The van der Waals surface area contributed by atoms with Gasteiger partial charge in [0, 0.05) is 30.4 Å². The first-order chi connectivity index (χ1) is 16.7. The lowest BCUT2D eigenvalue weighted by Crippen LogP contribution is -2.27. The monoisotopic (exact) mass is 478 g/mol. The summed E-state index contributed by atoms with van der Waals surface area (Å²) in [5, 5.41) is 0. The Balaban J connectivity index is 1.46. The van der Waals surface area contributed by atoms with Gasteiger partial charge < -0.3 is 0 Å². The Morgan fingerprint density at radius 3 is 2.43 bits per heavy atom. The summed E-state index contributed by atoms with van der Waals surface area (Å²) in [7, 11) is 0. The van der Waals surface area contributed by atoms with Crippen molar-refractivity contribution in [2.24, 2.45) is 5.92 Å². The standard InChI is InChI=1S/C27H24F2N2O4/c1-15-8-18(26-21(29)12-20(28)13-30-26)9-16(2)24(15)25-22(32)10-19(27(25)34)11-23(33)31-35-14-17-6-4-3-5-7-17/h3-9,12-13,19,25H,10-11,14H2,1-2H3,(H,31,33). The van der Waals surface area contributed by atoms with Gasteiger partial charge in [-0.1, -0.05) is 30.3 Å². The third-order valence-electron chi connectivity index (χ3n) is 6.12. The molecule has 4 rings (SSSR count). The van der Waals surface area contributed by atoms with E-state index in [0.717, 1.165) is 17.8 Å². The van der Waals surface area contributed by atoms with Gasteiger partial charge in [-0.25, -0.2) is 14.3 Å². The van der Waals surface area contributed by atoms with Gasteiger partial charge >= 0.3 is 0 Å². The minimum atomic E-state index is -0.988. The number of carbonyl (C=O) groups excluding carboxylic acids is 3. The number of nitrogens with one attached hydrogen (secondary N) is 1. The Morgan fingerprint density at radius 1 is 1.09 bits per heavy atom. The van der Waals surface area contributed by atoms with Gasteiger partial charge in [-0.3, -0.25) is 24.2 Å². The lowest BCUT2D eigenvalue weighted by atomic mass is 9.85. The van der Waals surface area contributed by atoms with E-state index in [9.17, 15) is 23.2 Å². The van der Waals surface area contributed by atoms with Crippen molar-refractivity contribution in [3.05, 3.63) is 88.6 Å². The van der Waals surface area contributed by atoms with Crippen LogP contribution in [-0.4, -0.2) is 22.5 Å². The molecule has 1 saturated carbocycles. The normalized spacial score (nSPS) is 17.6. The zero-order valence-corrected chi connectivity index (χ0v) is 19.3. The summed E-state index contributed by atoms with van der Waals surface area (Å²) in [5.41, 5.74) is 5.41. The molecule has 6 nitrogen and oxygen atoms in total. The van der Waals surface area contributed by atoms with Crippen molar-refractivity contribution in [2.45, 2.75) is 39.2 Å². The van der Waals surface area contributed by atoms with E-state index in [4.69, 9.17) is 4.84 Å². The maximum Gasteiger partial charge on any atom is 0.244 e. The van der Waals surface area contributed by atoms with Gasteiger partial charge in [-0.05, 0) is 48.2 Å². The van der Waals surface area contributed by atoms with Crippen LogP contribution in [0, 0.1) is 31.4 Å². The number of Topliss-reactive ketones (excluding diaryl/α,β-unsaturated/α-hetero) is 2. The molecule has 1 fully saturated rings. The molecule has 1 amide bonds. The van der Waals surface area contributed by atoms with E-state index in [1.165, 1.54) is 0 Å². The molecular formula is C27H24F2N2O4. The summed E-state index contributed by atoms with van der Waals surface area (Å²) in [6.45, 7) is 3.64. The number of benzene rings is 2. The van der Waals surface area contributed by atoms with E-state index < -0.39 is 29.4 Å². The Morgan fingerprint density at radius 2 is 1.77 bits per heavy atom. The van der Waals surface area contributed by atoms with Crippen LogP contribution in [0.5, 0.6) is 0 Å². The summed E-state index contributed by atoms with van der Waals surface area (Å²) in [6, 6.07) is 13.3. The first kappa shape index (κ1) is 24.3. The highest BCUT2D eigenvalue weighted by atomic mass is 19.1. The summed E-state index contributed by atoms with van der Waals surface area (Å²) in [5.74, 6) is -4.37. The van der Waals surface area contributed by atoms with Crippen LogP contribution in [0.15, 0.2) is 54.7 Å². The van der Waals surface area contributed by atoms with Gasteiger partial charge in [0.25, 0.3) is 0 Å². The Labute approximate surface area is 201 Å². The first-order valence-electron chi connectivity index (χ1n) is 11.2. The summed E-state index contributed by atoms with van der Waals surface area (Å²) < 4.78 is 27.5. The zero-order valence-electron chi connectivity index (χ0n) is 19.3. The predicted octanol–water partition coefficient (Wildman–Crippen LogP) is 4.52. The maximum absolute atomic E-state index is 14.2. The second kappa shape index (κ2) is 10.2. The number of aromatic nitrogens is 1. The summed E-state index contributed by atoms with van der Waals surface area (Å²) >= 11 is 0. The highest BCUT2D eigenvalue weighted by Crippen LogP contribution is 2.38. The molecule has 1 heterocycles. The van der Waals surface area contributed by atoms with Crippen molar-refractivity contribution in [3.8, 4) is 11.3 Å². The molecule has 0 aliphatic heterocycles. The maximum atomic E-state index is 14.2. The van der Waals surface area contributed by atoms with E-state index in [2.05, 4.69) is 10.5 Å². The SMILES string of the molecule is Cc1cc(-c2ncc(F)cc2F)cc(C)c1C1C(=O)CC(CC(=O)NOCc2ccccc2)C1=O. The fourth-order valence-electron chi connectivity index (χ4n) is 4.57. The fraction of sp³-hybridized carbons (Fsp3) is 0.259. The largest absolute Gasteiger partial charge is 0.298 e. The second-order valence-corrected chi connectivity index (χ2v) is 8.71. The molecule has 0 spiro atoms. The van der Waals surface area contributed by atoms with E-state index in [-0.39, 0.29) is 36.7 Å². The molecule has 0 bridgehead atoms. The number of pyridine rings is 1. The topological polar surface area (TPSA) is 85.4 Å². The molecule has 2 atom stereocenters. The fourth-order valence-corrected chi connectivity index (χ4v) is 4.57. The smallest absolute Gasteiger partial charge is 0.244 e. The number of hydrogen-bond donors (Lipinski definition) is 1. The van der Waals surface area contributed by atoms with Crippen molar-refractivity contribution in [1.29, 1.82) is 0 Å². The lowest BCUT2D eigenvalue weighted by molar-refractivity contribution is -0.137. The molecule has 35 heavy (non-hydrogen) atoms. The van der Waals surface area contributed by atoms with Crippen LogP contribution in [0.4, 0.5) is 8.78 Å². The van der Waals surface area contributed by atoms with E-state index in [1.807, 2.05) is 30.3 Å². The van der Waals surface area contributed by atoms with Gasteiger partial charge in [0.15, 0.2) is 11.6 Å². The number of halogens is 2. The molecule has 0 radical (unpaired) electrons. The Kier molecular flexibility index (Phi) is 7.12. The van der Waals surface area contributed by atoms with Crippen molar-refractivity contribution >= 4 is 17.5 Å². The number of aryl methyl sites for hydroxylation is 2. The predicted molar refractivity (Wildman–Crippen MR) is 124 cm³/mol. The number of rotatable bonds is 7. The van der Waals surface area contributed by atoms with Gasteiger partial charge in [0.1, 0.15) is 23.2 Å². The zero-order chi connectivity index (χ0) is 25.1. The van der Waals surface area contributed by atoms with Gasteiger partial charge in [-0.2, -0.15) is 0 Å². The molecule has 3 aromatic rings.